The van der Waals surface area contributed by atoms with Crippen molar-refractivity contribution in [3.8, 4) is 0 Å². The average molecular weight is 257 g/mol. The molecule has 1 atom stereocenters. The molecule has 0 amide bonds. The number of aryl methyl sites for hydroxylation is 4. The van der Waals surface area contributed by atoms with Crippen molar-refractivity contribution in [2.24, 2.45) is 0 Å². The van der Waals surface area contributed by atoms with Crippen LogP contribution < -0.4 is 5.32 Å². The third kappa shape index (κ3) is 2.90. The first-order valence-corrected chi connectivity index (χ1v) is 6.90. The minimum absolute atomic E-state index is 0.211. The van der Waals surface area contributed by atoms with Crippen LogP contribution >= 0.6 is 0 Å². The van der Waals surface area contributed by atoms with Crippen molar-refractivity contribution in [1.82, 2.24) is 5.32 Å². The average Bonchev–Trinajstić information content (AvgIpc) is 2.69. The maximum Gasteiger partial charge on any atom is 0.106 e. The summed E-state index contributed by atoms with van der Waals surface area (Å²) >= 11 is 0. The second kappa shape index (κ2) is 5.62. The second-order valence-electron chi connectivity index (χ2n) is 5.22. The van der Waals surface area contributed by atoms with E-state index < -0.39 is 0 Å². The fourth-order valence-electron chi connectivity index (χ4n) is 2.60. The third-order valence-electron chi connectivity index (χ3n) is 3.54. The largest absolute Gasteiger partial charge is 0.466 e. The monoisotopic (exact) mass is 257 g/mol. The van der Waals surface area contributed by atoms with Gasteiger partial charge in [-0.05, 0) is 51.4 Å². The predicted octanol–water partition coefficient (Wildman–Crippen LogP) is 4.21. The van der Waals surface area contributed by atoms with E-state index in [1.807, 2.05) is 13.8 Å². The van der Waals surface area contributed by atoms with Gasteiger partial charge in [0.1, 0.15) is 11.5 Å². The molecule has 0 bridgehead atoms. The molecule has 2 rings (SSSR count). The molecule has 0 aliphatic carbocycles. The van der Waals surface area contributed by atoms with Crippen molar-refractivity contribution in [3.63, 3.8) is 0 Å². The van der Waals surface area contributed by atoms with Crippen LogP contribution in [0.3, 0.4) is 0 Å². The van der Waals surface area contributed by atoms with Crippen LogP contribution in [0.4, 0.5) is 0 Å². The Bertz CT molecular complexity index is 569. The highest BCUT2D eigenvalue weighted by atomic mass is 16.3. The lowest BCUT2D eigenvalue weighted by atomic mass is 9.93. The van der Waals surface area contributed by atoms with Crippen molar-refractivity contribution in [3.05, 3.63) is 58.0 Å². The van der Waals surface area contributed by atoms with E-state index in [9.17, 15) is 0 Å². The summed E-state index contributed by atoms with van der Waals surface area (Å²) in [5.41, 5.74) is 5.19. The van der Waals surface area contributed by atoms with Crippen molar-refractivity contribution in [1.29, 1.82) is 0 Å². The van der Waals surface area contributed by atoms with Gasteiger partial charge in [-0.15, -0.1) is 0 Å². The van der Waals surface area contributed by atoms with Gasteiger partial charge < -0.3 is 9.73 Å². The Morgan fingerprint density at radius 3 is 2.37 bits per heavy atom. The van der Waals surface area contributed by atoms with Gasteiger partial charge >= 0.3 is 0 Å². The number of rotatable bonds is 4. The first-order chi connectivity index (χ1) is 9.02. The molecule has 2 heteroatoms. The smallest absolute Gasteiger partial charge is 0.106 e. The van der Waals surface area contributed by atoms with Gasteiger partial charge in [-0.1, -0.05) is 30.7 Å². The summed E-state index contributed by atoms with van der Waals surface area (Å²) in [5.74, 6) is 1.98. The second-order valence-corrected chi connectivity index (χ2v) is 5.22. The zero-order chi connectivity index (χ0) is 14.0. The number of nitrogens with one attached hydrogen (secondary N) is 1. The summed E-state index contributed by atoms with van der Waals surface area (Å²) in [6, 6.07) is 8.98. The normalized spacial score (nSPS) is 12.7. The molecule has 1 aromatic heterocycles. The van der Waals surface area contributed by atoms with Gasteiger partial charge in [0, 0.05) is 5.56 Å². The van der Waals surface area contributed by atoms with Gasteiger partial charge in [0.05, 0.1) is 6.04 Å². The van der Waals surface area contributed by atoms with Gasteiger partial charge in [0.2, 0.25) is 0 Å². The van der Waals surface area contributed by atoms with E-state index in [1.54, 1.807) is 0 Å². The van der Waals surface area contributed by atoms with E-state index in [1.165, 1.54) is 22.3 Å². The molecular weight excluding hydrogens is 234 g/mol. The zero-order valence-corrected chi connectivity index (χ0v) is 12.5. The van der Waals surface area contributed by atoms with Crippen LogP contribution in [0.5, 0.6) is 0 Å². The Labute approximate surface area is 115 Å². The highest BCUT2D eigenvalue weighted by Gasteiger charge is 2.19. The Kier molecular flexibility index (Phi) is 4.11. The van der Waals surface area contributed by atoms with Crippen LogP contribution in [0.1, 0.15) is 46.7 Å². The van der Waals surface area contributed by atoms with E-state index in [4.69, 9.17) is 4.42 Å². The standard InChI is InChI=1S/C17H23NO/c1-6-18-17(16-10-13(4)19-14(16)5)15-9-11(2)7-8-12(15)3/h7-10,17-18H,6H2,1-5H3. The topological polar surface area (TPSA) is 25.2 Å². The molecule has 1 aromatic carbocycles. The SMILES string of the molecule is CCNC(c1cc(C)ccc1C)c1cc(C)oc1C. The fraction of sp³-hybridized carbons (Fsp3) is 0.412. The molecule has 1 heterocycles. The molecule has 0 radical (unpaired) electrons. The van der Waals surface area contributed by atoms with Gasteiger partial charge in [-0.3, -0.25) is 0 Å². The van der Waals surface area contributed by atoms with Crippen LogP contribution in [0.25, 0.3) is 0 Å². The summed E-state index contributed by atoms with van der Waals surface area (Å²) < 4.78 is 5.69. The van der Waals surface area contributed by atoms with E-state index in [0.717, 1.165) is 18.1 Å². The summed E-state index contributed by atoms with van der Waals surface area (Å²) in [6.07, 6.45) is 0. The highest BCUT2D eigenvalue weighted by Crippen LogP contribution is 2.29. The Morgan fingerprint density at radius 2 is 1.79 bits per heavy atom. The molecule has 0 spiro atoms. The summed E-state index contributed by atoms with van der Waals surface area (Å²) in [4.78, 5) is 0. The van der Waals surface area contributed by atoms with Crippen LogP contribution in [-0.2, 0) is 0 Å². The summed E-state index contributed by atoms with van der Waals surface area (Å²) in [6.45, 7) is 11.4. The maximum atomic E-state index is 5.69. The van der Waals surface area contributed by atoms with Crippen LogP contribution in [0.15, 0.2) is 28.7 Å². The first-order valence-electron chi connectivity index (χ1n) is 6.90. The predicted molar refractivity (Wildman–Crippen MR) is 79.6 cm³/mol. The lowest BCUT2D eigenvalue weighted by molar-refractivity contribution is 0.495. The molecular formula is C17H23NO. The van der Waals surface area contributed by atoms with Crippen molar-refractivity contribution < 1.29 is 4.42 Å². The number of benzene rings is 1. The number of furan rings is 1. The van der Waals surface area contributed by atoms with E-state index in [2.05, 4.69) is 50.4 Å². The van der Waals surface area contributed by atoms with Gasteiger partial charge in [0.15, 0.2) is 0 Å². The summed E-state index contributed by atoms with van der Waals surface area (Å²) in [7, 11) is 0. The molecule has 0 aliphatic rings. The Morgan fingerprint density at radius 1 is 1.05 bits per heavy atom. The number of hydrogen-bond acceptors (Lipinski definition) is 2. The van der Waals surface area contributed by atoms with Gasteiger partial charge in [-0.2, -0.15) is 0 Å². The lowest BCUT2D eigenvalue weighted by Crippen LogP contribution is -2.23. The fourth-order valence-corrected chi connectivity index (χ4v) is 2.60. The van der Waals surface area contributed by atoms with E-state index in [0.29, 0.717) is 0 Å². The molecule has 0 saturated carbocycles. The first kappa shape index (κ1) is 13.9. The molecule has 19 heavy (non-hydrogen) atoms. The number of hydrogen-bond donors (Lipinski definition) is 1. The van der Waals surface area contributed by atoms with Crippen LogP contribution in [-0.4, -0.2) is 6.54 Å². The third-order valence-corrected chi connectivity index (χ3v) is 3.54. The maximum absolute atomic E-state index is 5.69. The molecule has 0 saturated heterocycles. The molecule has 2 aromatic rings. The van der Waals surface area contributed by atoms with Gasteiger partial charge in [-0.25, -0.2) is 0 Å². The molecule has 0 fully saturated rings. The zero-order valence-electron chi connectivity index (χ0n) is 12.5. The van der Waals surface area contributed by atoms with E-state index in [-0.39, 0.29) is 6.04 Å². The van der Waals surface area contributed by atoms with Crippen LogP contribution in [0.2, 0.25) is 0 Å². The summed E-state index contributed by atoms with van der Waals surface area (Å²) in [5, 5.41) is 3.58. The quantitative estimate of drug-likeness (QED) is 0.887. The lowest BCUT2D eigenvalue weighted by Gasteiger charge is -2.20. The van der Waals surface area contributed by atoms with Crippen molar-refractivity contribution in [2.75, 3.05) is 6.54 Å². The van der Waals surface area contributed by atoms with Crippen molar-refractivity contribution >= 4 is 0 Å². The molecule has 1 unspecified atom stereocenters. The molecule has 2 nitrogen and oxygen atoms in total. The molecule has 0 aliphatic heterocycles. The Balaban J connectivity index is 2.51. The highest BCUT2D eigenvalue weighted by molar-refractivity contribution is 5.40. The van der Waals surface area contributed by atoms with Crippen molar-refractivity contribution in [2.45, 2.75) is 40.7 Å². The minimum Gasteiger partial charge on any atom is -0.466 e. The van der Waals surface area contributed by atoms with Crippen LogP contribution in [0, 0.1) is 27.7 Å². The molecule has 1 N–H and O–H groups in total. The molecule has 102 valence electrons. The Hall–Kier alpha value is -1.54. The van der Waals surface area contributed by atoms with Gasteiger partial charge in [0.25, 0.3) is 0 Å². The van der Waals surface area contributed by atoms with E-state index >= 15 is 0 Å². The minimum atomic E-state index is 0.211.